The van der Waals surface area contributed by atoms with Crippen LogP contribution in [-0.4, -0.2) is 39.8 Å². The van der Waals surface area contributed by atoms with E-state index in [1.165, 1.54) is 19.9 Å². The molecule has 0 radical (unpaired) electrons. The molecule has 0 saturated carbocycles. The van der Waals surface area contributed by atoms with Gasteiger partial charge in [0.25, 0.3) is 0 Å². The first-order valence-electron chi connectivity index (χ1n) is 9.01. The van der Waals surface area contributed by atoms with E-state index >= 15 is 0 Å². The second kappa shape index (κ2) is 9.51. The number of aromatic nitrogens is 3. The van der Waals surface area contributed by atoms with Crippen molar-refractivity contribution in [1.82, 2.24) is 20.5 Å². The quantitative estimate of drug-likeness (QED) is 0.707. The number of nitrogens with one attached hydrogen (secondary N) is 2. The summed E-state index contributed by atoms with van der Waals surface area (Å²) in [7, 11) is 0. The van der Waals surface area contributed by atoms with E-state index < -0.39 is 12.8 Å². The van der Waals surface area contributed by atoms with Gasteiger partial charge < -0.3 is 15.4 Å². The normalized spacial score (nSPS) is 12.2. The Morgan fingerprint density at radius 1 is 1.17 bits per heavy atom. The molecule has 1 unspecified atom stereocenters. The van der Waals surface area contributed by atoms with Crippen molar-refractivity contribution >= 4 is 17.6 Å². The number of hydrogen-bond donors (Lipinski definition) is 2. The fraction of sp³-hybridized carbons (Fsp3) is 0.421. The Balaban J connectivity index is 2.01. The van der Waals surface area contributed by atoms with Crippen molar-refractivity contribution in [3.8, 4) is 5.88 Å². The summed E-state index contributed by atoms with van der Waals surface area (Å²) in [6.07, 6.45) is -4.59. The van der Waals surface area contributed by atoms with Crippen LogP contribution >= 0.6 is 0 Å². The number of rotatable bonds is 7. The zero-order valence-electron chi connectivity index (χ0n) is 16.9. The van der Waals surface area contributed by atoms with E-state index in [0.29, 0.717) is 22.8 Å². The summed E-state index contributed by atoms with van der Waals surface area (Å²) in [6.45, 7) is 4.97. The highest BCUT2D eigenvalue weighted by atomic mass is 19.4. The molecule has 0 fully saturated rings. The number of amides is 2. The standard InChI is InChI=1S/C19H22F3N5O3/c1-10-5-15(26-27-18(10)30-9-19(20,21)22)8-17(29)24-12(3)14-6-11(2)23-16(7-14)25-13(4)28/h5-7,12H,8-9H2,1-4H3,(H,24,29)(H,23,25,28). The molecule has 30 heavy (non-hydrogen) atoms. The van der Waals surface area contributed by atoms with Gasteiger partial charge in [0.2, 0.25) is 17.7 Å². The first-order chi connectivity index (χ1) is 13.9. The Labute approximate surface area is 171 Å². The highest BCUT2D eigenvalue weighted by molar-refractivity contribution is 5.87. The molecule has 2 aromatic heterocycles. The summed E-state index contributed by atoms with van der Waals surface area (Å²) in [5, 5.41) is 12.8. The van der Waals surface area contributed by atoms with Gasteiger partial charge in [0.1, 0.15) is 5.82 Å². The summed E-state index contributed by atoms with van der Waals surface area (Å²) in [6, 6.07) is 4.52. The van der Waals surface area contributed by atoms with E-state index in [1.807, 2.05) is 0 Å². The highest BCUT2D eigenvalue weighted by Crippen LogP contribution is 2.20. The average molecular weight is 425 g/mol. The first-order valence-corrected chi connectivity index (χ1v) is 9.01. The second-order valence-corrected chi connectivity index (χ2v) is 6.80. The molecule has 2 N–H and O–H groups in total. The van der Waals surface area contributed by atoms with Crippen LogP contribution in [0.3, 0.4) is 0 Å². The van der Waals surface area contributed by atoms with Gasteiger partial charge in [0.05, 0.1) is 18.2 Å². The minimum Gasteiger partial charge on any atom is -0.467 e. The first kappa shape index (κ1) is 23.0. The number of carbonyl (C=O) groups excluding carboxylic acids is 2. The molecule has 0 spiro atoms. The number of ether oxygens (including phenoxy) is 1. The maximum atomic E-state index is 12.4. The van der Waals surface area contributed by atoms with Crippen LogP contribution in [0.2, 0.25) is 0 Å². The van der Waals surface area contributed by atoms with Gasteiger partial charge in [0, 0.05) is 18.2 Å². The minimum absolute atomic E-state index is 0.111. The van der Waals surface area contributed by atoms with Crippen molar-refractivity contribution in [2.24, 2.45) is 0 Å². The fourth-order valence-electron chi connectivity index (χ4n) is 2.64. The number of alkyl halides is 3. The number of nitrogens with zero attached hydrogens (tertiary/aromatic N) is 3. The van der Waals surface area contributed by atoms with Gasteiger partial charge in [0.15, 0.2) is 6.61 Å². The van der Waals surface area contributed by atoms with E-state index in [2.05, 4.69) is 30.6 Å². The summed E-state index contributed by atoms with van der Waals surface area (Å²) in [5.41, 5.74) is 2.06. The summed E-state index contributed by atoms with van der Waals surface area (Å²) >= 11 is 0. The maximum Gasteiger partial charge on any atom is 0.422 e. The number of carbonyl (C=O) groups is 2. The molecule has 0 bridgehead atoms. The predicted molar refractivity (Wildman–Crippen MR) is 102 cm³/mol. The van der Waals surface area contributed by atoms with Crippen LogP contribution in [-0.2, 0) is 16.0 Å². The fourth-order valence-corrected chi connectivity index (χ4v) is 2.64. The third kappa shape index (κ3) is 7.30. The average Bonchev–Trinajstić information content (AvgIpc) is 2.59. The largest absolute Gasteiger partial charge is 0.467 e. The Morgan fingerprint density at radius 2 is 1.87 bits per heavy atom. The molecule has 2 heterocycles. The molecule has 0 aliphatic heterocycles. The lowest BCUT2D eigenvalue weighted by Crippen LogP contribution is -2.28. The lowest BCUT2D eigenvalue weighted by atomic mass is 10.1. The van der Waals surface area contributed by atoms with Crippen molar-refractivity contribution in [3.05, 3.63) is 40.7 Å². The zero-order valence-corrected chi connectivity index (χ0v) is 16.9. The van der Waals surface area contributed by atoms with E-state index in [9.17, 15) is 22.8 Å². The van der Waals surface area contributed by atoms with Gasteiger partial charge in [-0.1, -0.05) is 0 Å². The van der Waals surface area contributed by atoms with Crippen LogP contribution in [0.5, 0.6) is 5.88 Å². The van der Waals surface area contributed by atoms with Crippen molar-refractivity contribution in [2.75, 3.05) is 11.9 Å². The van der Waals surface area contributed by atoms with E-state index in [4.69, 9.17) is 0 Å². The van der Waals surface area contributed by atoms with Crippen LogP contribution < -0.4 is 15.4 Å². The molecule has 2 amide bonds. The van der Waals surface area contributed by atoms with Crippen molar-refractivity contribution < 1.29 is 27.5 Å². The van der Waals surface area contributed by atoms with E-state index in [0.717, 1.165) is 5.56 Å². The van der Waals surface area contributed by atoms with Gasteiger partial charge in [-0.25, -0.2) is 4.98 Å². The molecule has 1 atom stereocenters. The van der Waals surface area contributed by atoms with Gasteiger partial charge in [-0.15, -0.1) is 5.10 Å². The van der Waals surface area contributed by atoms with Crippen LogP contribution in [0, 0.1) is 13.8 Å². The summed E-state index contributed by atoms with van der Waals surface area (Å²) < 4.78 is 41.3. The van der Waals surface area contributed by atoms with Crippen molar-refractivity contribution in [1.29, 1.82) is 0 Å². The van der Waals surface area contributed by atoms with Crippen molar-refractivity contribution in [3.63, 3.8) is 0 Å². The SMILES string of the molecule is CC(=O)Nc1cc(C(C)NC(=O)Cc2cc(C)c(OCC(F)(F)F)nn2)cc(C)n1. The number of halogens is 3. The molecule has 2 aromatic rings. The molecule has 0 aromatic carbocycles. The van der Waals surface area contributed by atoms with Crippen LogP contribution in [0.4, 0.5) is 19.0 Å². The third-order valence-electron chi connectivity index (χ3n) is 3.86. The number of hydrogen-bond acceptors (Lipinski definition) is 6. The Kier molecular flexibility index (Phi) is 7.30. The van der Waals surface area contributed by atoms with Gasteiger partial charge >= 0.3 is 6.18 Å². The van der Waals surface area contributed by atoms with Crippen LogP contribution in [0.25, 0.3) is 0 Å². The highest BCUT2D eigenvalue weighted by Gasteiger charge is 2.29. The molecule has 8 nitrogen and oxygen atoms in total. The Hall–Kier alpha value is -3.24. The number of pyridine rings is 1. The lowest BCUT2D eigenvalue weighted by molar-refractivity contribution is -0.154. The maximum absolute atomic E-state index is 12.4. The van der Waals surface area contributed by atoms with Gasteiger partial charge in [-0.2, -0.15) is 18.3 Å². The number of anilines is 1. The summed E-state index contributed by atoms with van der Waals surface area (Å²) in [5.74, 6) is -0.458. The molecule has 0 aliphatic carbocycles. The molecule has 0 aliphatic rings. The molecule has 2 rings (SSSR count). The Morgan fingerprint density at radius 3 is 2.47 bits per heavy atom. The monoisotopic (exact) mass is 425 g/mol. The van der Waals surface area contributed by atoms with Crippen LogP contribution in [0.15, 0.2) is 18.2 Å². The smallest absolute Gasteiger partial charge is 0.422 e. The van der Waals surface area contributed by atoms with E-state index in [-0.39, 0.29) is 30.2 Å². The number of aryl methyl sites for hydroxylation is 2. The Bertz CT molecular complexity index is 934. The minimum atomic E-state index is -4.48. The van der Waals surface area contributed by atoms with E-state index in [1.54, 1.807) is 26.0 Å². The molecule has 11 heteroatoms. The third-order valence-corrected chi connectivity index (χ3v) is 3.86. The molecule has 0 saturated heterocycles. The lowest BCUT2D eigenvalue weighted by Gasteiger charge is -2.16. The van der Waals surface area contributed by atoms with Crippen molar-refractivity contribution in [2.45, 2.75) is 46.3 Å². The van der Waals surface area contributed by atoms with Crippen LogP contribution in [0.1, 0.15) is 42.4 Å². The molecule has 162 valence electrons. The van der Waals surface area contributed by atoms with Gasteiger partial charge in [-0.05, 0) is 44.5 Å². The molecular formula is C19H22F3N5O3. The van der Waals surface area contributed by atoms with Gasteiger partial charge in [-0.3, -0.25) is 9.59 Å². The summed E-state index contributed by atoms with van der Waals surface area (Å²) in [4.78, 5) is 27.8. The topological polar surface area (TPSA) is 106 Å². The zero-order chi connectivity index (χ0) is 22.5. The second-order valence-electron chi connectivity index (χ2n) is 6.80. The predicted octanol–water partition coefficient (Wildman–Crippen LogP) is 2.81. The molecular weight excluding hydrogens is 403 g/mol.